The Bertz CT molecular complexity index is 747. The molecule has 0 aromatic heterocycles. The molecule has 0 bridgehead atoms. The molecule has 2 atom stereocenters. The van der Waals surface area contributed by atoms with Gasteiger partial charge in [0.25, 0.3) is 5.91 Å². The molecule has 138 valence electrons. The van der Waals surface area contributed by atoms with E-state index in [1.165, 1.54) is 0 Å². The van der Waals surface area contributed by atoms with E-state index in [4.69, 9.17) is 11.6 Å². The number of carbonyl (C=O) groups is 2. The maximum absolute atomic E-state index is 12.6. The Kier molecular flexibility index (Phi) is 7.22. The molecule has 0 aliphatic heterocycles. The quantitative estimate of drug-likeness (QED) is 0.758. The highest BCUT2D eigenvalue weighted by Gasteiger charge is 2.21. The predicted molar refractivity (Wildman–Crippen MR) is 105 cm³/mol. The van der Waals surface area contributed by atoms with Crippen LogP contribution in [0.5, 0.6) is 0 Å². The van der Waals surface area contributed by atoms with E-state index in [0.717, 1.165) is 5.56 Å². The van der Waals surface area contributed by atoms with Gasteiger partial charge in [-0.1, -0.05) is 67.9 Å². The van der Waals surface area contributed by atoms with Gasteiger partial charge in [0.05, 0.1) is 23.0 Å². The van der Waals surface area contributed by atoms with Crippen LogP contribution in [-0.4, -0.2) is 17.9 Å². The Morgan fingerprint density at radius 2 is 1.54 bits per heavy atom. The number of carbonyl (C=O) groups excluding carboxylic acids is 2. The third kappa shape index (κ3) is 5.60. The molecule has 4 nitrogen and oxygen atoms in total. The molecule has 0 aliphatic rings. The zero-order valence-corrected chi connectivity index (χ0v) is 16.1. The van der Waals surface area contributed by atoms with Gasteiger partial charge in [-0.25, -0.2) is 0 Å². The summed E-state index contributed by atoms with van der Waals surface area (Å²) < 4.78 is 0. The van der Waals surface area contributed by atoms with E-state index in [9.17, 15) is 9.59 Å². The van der Waals surface area contributed by atoms with E-state index in [-0.39, 0.29) is 24.3 Å². The van der Waals surface area contributed by atoms with Gasteiger partial charge in [-0.15, -0.1) is 0 Å². The molecule has 0 saturated heterocycles. The topological polar surface area (TPSA) is 58.2 Å². The first-order valence-corrected chi connectivity index (χ1v) is 9.16. The fourth-order valence-electron chi connectivity index (χ4n) is 2.48. The normalized spacial score (nSPS) is 13.1. The smallest absolute Gasteiger partial charge is 0.253 e. The van der Waals surface area contributed by atoms with E-state index >= 15 is 0 Å². The Morgan fingerprint density at radius 3 is 2.15 bits per heavy atom. The summed E-state index contributed by atoms with van der Waals surface area (Å²) in [5, 5.41) is 6.31. The number of hydrogen-bond acceptors (Lipinski definition) is 2. The second-order valence-electron chi connectivity index (χ2n) is 6.72. The van der Waals surface area contributed by atoms with Crippen molar-refractivity contribution < 1.29 is 9.59 Å². The molecule has 2 amide bonds. The van der Waals surface area contributed by atoms with Crippen LogP contribution < -0.4 is 10.6 Å². The summed E-state index contributed by atoms with van der Waals surface area (Å²) in [6.07, 6.45) is 0.164. The van der Waals surface area contributed by atoms with Crippen molar-refractivity contribution in [3.8, 4) is 0 Å². The van der Waals surface area contributed by atoms with Gasteiger partial charge in [-0.05, 0) is 30.5 Å². The minimum absolute atomic E-state index is 0.0678. The summed E-state index contributed by atoms with van der Waals surface area (Å²) in [5.41, 5.74) is 1.27. The second-order valence-corrected chi connectivity index (χ2v) is 7.13. The van der Waals surface area contributed by atoms with Crippen molar-refractivity contribution >= 4 is 23.4 Å². The van der Waals surface area contributed by atoms with Gasteiger partial charge in [-0.3, -0.25) is 9.59 Å². The summed E-state index contributed by atoms with van der Waals surface area (Å²) >= 11 is 6.12. The minimum atomic E-state index is -0.431. The first kappa shape index (κ1) is 20.0. The van der Waals surface area contributed by atoms with E-state index in [1.807, 2.05) is 37.3 Å². The van der Waals surface area contributed by atoms with Gasteiger partial charge in [0.1, 0.15) is 0 Å². The highest BCUT2D eigenvalue weighted by Crippen LogP contribution is 2.20. The molecule has 2 aromatic rings. The molecule has 0 heterocycles. The maximum atomic E-state index is 12.6. The molecular weight excluding hydrogens is 348 g/mol. The van der Waals surface area contributed by atoms with Crippen molar-refractivity contribution in [2.75, 3.05) is 0 Å². The first-order chi connectivity index (χ1) is 12.4. The number of rotatable bonds is 7. The van der Waals surface area contributed by atoms with Crippen molar-refractivity contribution in [3.05, 3.63) is 70.7 Å². The van der Waals surface area contributed by atoms with Crippen molar-refractivity contribution in [1.82, 2.24) is 10.6 Å². The number of nitrogens with one attached hydrogen (secondary N) is 2. The second kappa shape index (κ2) is 9.39. The van der Waals surface area contributed by atoms with Crippen LogP contribution >= 0.6 is 11.6 Å². The van der Waals surface area contributed by atoms with E-state index in [0.29, 0.717) is 16.5 Å². The zero-order valence-electron chi connectivity index (χ0n) is 15.3. The number of amides is 2. The highest BCUT2D eigenvalue weighted by atomic mass is 35.5. The van der Waals surface area contributed by atoms with Crippen LogP contribution in [0.1, 0.15) is 49.2 Å². The summed E-state index contributed by atoms with van der Waals surface area (Å²) in [5.74, 6) is -0.0551. The highest BCUT2D eigenvalue weighted by molar-refractivity contribution is 6.33. The van der Waals surface area contributed by atoms with Crippen LogP contribution in [0.25, 0.3) is 0 Å². The van der Waals surface area contributed by atoms with Crippen molar-refractivity contribution in [2.45, 2.75) is 39.3 Å². The molecule has 2 aromatic carbocycles. The van der Waals surface area contributed by atoms with Crippen LogP contribution in [0.4, 0.5) is 0 Å². The van der Waals surface area contributed by atoms with E-state index < -0.39 is 6.04 Å². The van der Waals surface area contributed by atoms with Crippen LogP contribution in [-0.2, 0) is 4.79 Å². The number of hydrogen-bond donors (Lipinski definition) is 2. The fourth-order valence-corrected chi connectivity index (χ4v) is 2.71. The third-order valence-electron chi connectivity index (χ3n) is 4.40. The lowest BCUT2D eigenvalue weighted by Gasteiger charge is -2.22. The SMILES string of the molecule is CC(C)C(C)NC(=O)CC(NC(=O)c1ccccc1Cl)c1ccccc1. The molecule has 26 heavy (non-hydrogen) atoms. The number of benzene rings is 2. The molecule has 0 aliphatic carbocycles. The standard InChI is InChI=1S/C21H25ClN2O2/c1-14(2)15(3)23-20(25)13-19(16-9-5-4-6-10-16)24-21(26)17-11-7-8-12-18(17)22/h4-12,14-15,19H,13H2,1-3H3,(H,23,25)(H,24,26). The molecule has 2 unspecified atom stereocenters. The molecule has 2 rings (SSSR count). The Labute approximate surface area is 159 Å². The maximum Gasteiger partial charge on any atom is 0.253 e. The average Bonchev–Trinajstić information content (AvgIpc) is 2.62. The van der Waals surface area contributed by atoms with Gasteiger partial charge in [-0.2, -0.15) is 0 Å². The van der Waals surface area contributed by atoms with Crippen LogP contribution in [0.3, 0.4) is 0 Å². The Hall–Kier alpha value is -2.33. The molecule has 0 radical (unpaired) electrons. The van der Waals surface area contributed by atoms with Gasteiger partial charge in [0.15, 0.2) is 0 Å². The lowest BCUT2D eigenvalue weighted by atomic mass is 10.0. The Balaban J connectivity index is 2.16. The lowest BCUT2D eigenvalue weighted by molar-refractivity contribution is -0.122. The largest absolute Gasteiger partial charge is 0.353 e. The molecule has 5 heteroatoms. The van der Waals surface area contributed by atoms with E-state index in [2.05, 4.69) is 24.5 Å². The van der Waals surface area contributed by atoms with Crippen LogP contribution in [0.2, 0.25) is 5.02 Å². The van der Waals surface area contributed by atoms with Crippen LogP contribution in [0, 0.1) is 5.92 Å². The zero-order chi connectivity index (χ0) is 19.1. The van der Waals surface area contributed by atoms with Gasteiger partial charge in [0.2, 0.25) is 5.91 Å². The molecule has 0 saturated carbocycles. The summed E-state index contributed by atoms with van der Waals surface area (Å²) in [6.45, 7) is 6.08. The van der Waals surface area contributed by atoms with Gasteiger partial charge >= 0.3 is 0 Å². The Morgan fingerprint density at radius 1 is 0.923 bits per heavy atom. The van der Waals surface area contributed by atoms with Gasteiger partial charge in [0, 0.05) is 6.04 Å². The molecule has 2 N–H and O–H groups in total. The lowest BCUT2D eigenvalue weighted by Crippen LogP contribution is -2.39. The van der Waals surface area contributed by atoms with Crippen molar-refractivity contribution in [2.24, 2.45) is 5.92 Å². The fraction of sp³-hybridized carbons (Fsp3) is 0.333. The summed E-state index contributed by atoms with van der Waals surface area (Å²) in [4.78, 5) is 25.1. The third-order valence-corrected chi connectivity index (χ3v) is 4.73. The molecule has 0 spiro atoms. The first-order valence-electron chi connectivity index (χ1n) is 8.78. The molecule has 0 fully saturated rings. The van der Waals surface area contributed by atoms with E-state index in [1.54, 1.807) is 24.3 Å². The minimum Gasteiger partial charge on any atom is -0.353 e. The average molecular weight is 373 g/mol. The predicted octanol–water partition coefficient (Wildman–Crippen LogP) is 4.36. The van der Waals surface area contributed by atoms with Gasteiger partial charge < -0.3 is 10.6 Å². The van der Waals surface area contributed by atoms with Crippen LogP contribution in [0.15, 0.2) is 54.6 Å². The molecular formula is C21H25ClN2O2. The summed E-state index contributed by atoms with van der Waals surface area (Å²) in [6, 6.07) is 16.0. The number of halogens is 1. The summed E-state index contributed by atoms with van der Waals surface area (Å²) in [7, 11) is 0. The van der Waals surface area contributed by atoms with Crippen molar-refractivity contribution in [3.63, 3.8) is 0 Å². The van der Waals surface area contributed by atoms with Crippen molar-refractivity contribution in [1.29, 1.82) is 0 Å². The monoisotopic (exact) mass is 372 g/mol.